The minimum atomic E-state index is -3.93. The SMILES string of the molecule is Cc1ccc(N)c(NS(=O)(=O)c2cc(C#N)ccc2Cl)c1. The first-order valence-corrected chi connectivity index (χ1v) is 7.78. The number of nitrogen functional groups attached to an aromatic ring is 1. The molecule has 2 rings (SSSR count). The number of benzene rings is 2. The Hall–Kier alpha value is -2.23. The fraction of sp³-hybridized carbons (Fsp3) is 0.0714. The van der Waals surface area contributed by atoms with E-state index in [9.17, 15) is 8.42 Å². The van der Waals surface area contributed by atoms with Gasteiger partial charge in [-0.25, -0.2) is 8.42 Å². The second kappa shape index (κ2) is 5.64. The summed E-state index contributed by atoms with van der Waals surface area (Å²) < 4.78 is 27.2. The Morgan fingerprint density at radius 3 is 2.62 bits per heavy atom. The fourth-order valence-electron chi connectivity index (χ4n) is 1.74. The van der Waals surface area contributed by atoms with Crippen molar-refractivity contribution in [2.75, 3.05) is 10.5 Å². The minimum Gasteiger partial charge on any atom is -0.397 e. The third kappa shape index (κ3) is 3.27. The Labute approximate surface area is 128 Å². The molecule has 7 heteroatoms. The number of hydrogen-bond acceptors (Lipinski definition) is 4. The highest BCUT2D eigenvalue weighted by atomic mass is 35.5. The van der Waals surface area contributed by atoms with Gasteiger partial charge in [0.15, 0.2) is 0 Å². The molecule has 0 aromatic heterocycles. The molecule has 2 aromatic rings. The lowest BCUT2D eigenvalue weighted by molar-refractivity contribution is 0.601. The zero-order valence-electron chi connectivity index (χ0n) is 11.1. The van der Waals surface area contributed by atoms with Crippen molar-refractivity contribution in [1.82, 2.24) is 0 Å². The van der Waals surface area contributed by atoms with E-state index in [0.29, 0.717) is 5.69 Å². The molecule has 0 aliphatic carbocycles. The van der Waals surface area contributed by atoms with Crippen LogP contribution in [0, 0.1) is 18.3 Å². The number of aryl methyl sites for hydroxylation is 1. The summed E-state index contributed by atoms with van der Waals surface area (Å²) in [5, 5.41) is 8.90. The van der Waals surface area contributed by atoms with Gasteiger partial charge in [0.05, 0.1) is 28.0 Å². The monoisotopic (exact) mass is 321 g/mol. The summed E-state index contributed by atoms with van der Waals surface area (Å²) in [7, 11) is -3.93. The van der Waals surface area contributed by atoms with Gasteiger partial charge in [-0.3, -0.25) is 4.72 Å². The maximum atomic E-state index is 12.4. The molecule has 0 aliphatic rings. The Balaban J connectivity index is 2.48. The van der Waals surface area contributed by atoms with Crippen LogP contribution in [0.2, 0.25) is 5.02 Å². The average molecular weight is 322 g/mol. The van der Waals surface area contributed by atoms with E-state index in [1.165, 1.54) is 18.2 Å². The summed E-state index contributed by atoms with van der Waals surface area (Å²) >= 11 is 5.92. The van der Waals surface area contributed by atoms with E-state index in [1.54, 1.807) is 18.2 Å². The lowest BCUT2D eigenvalue weighted by Gasteiger charge is -2.12. The van der Waals surface area contributed by atoms with E-state index in [2.05, 4.69) is 4.72 Å². The lowest BCUT2D eigenvalue weighted by Crippen LogP contribution is -2.15. The van der Waals surface area contributed by atoms with Crippen LogP contribution in [-0.4, -0.2) is 8.42 Å². The van der Waals surface area contributed by atoms with Crippen molar-refractivity contribution in [3.05, 3.63) is 52.5 Å². The van der Waals surface area contributed by atoms with Crippen LogP contribution >= 0.6 is 11.6 Å². The third-order valence-electron chi connectivity index (χ3n) is 2.80. The second-order valence-corrected chi connectivity index (χ2v) is 6.51. The van der Waals surface area contributed by atoms with Crippen LogP contribution in [-0.2, 0) is 10.0 Å². The smallest absolute Gasteiger partial charge is 0.263 e. The Bertz CT molecular complexity index is 842. The van der Waals surface area contributed by atoms with E-state index in [0.717, 1.165) is 5.56 Å². The highest BCUT2D eigenvalue weighted by molar-refractivity contribution is 7.92. The predicted octanol–water partition coefficient (Wildman–Crippen LogP) is 2.90. The van der Waals surface area contributed by atoms with Gasteiger partial charge in [0.1, 0.15) is 4.90 Å². The number of nitrogens with zero attached hydrogens (tertiary/aromatic N) is 1. The van der Waals surface area contributed by atoms with Crippen LogP contribution in [0.1, 0.15) is 11.1 Å². The molecule has 0 radical (unpaired) electrons. The maximum Gasteiger partial charge on any atom is 0.263 e. The van der Waals surface area contributed by atoms with Crippen molar-refractivity contribution in [3.8, 4) is 6.07 Å². The standard InChI is InChI=1S/C14H12ClN3O2S/c1-9-2-5-12(17)13(6-9)18-21(19,20)14-7-10(8-16)3-4-11(14)15/h2-7,18H,17H2,1H3. The van der Waals surface area contributed by atoms with Gasteiger partial charge in [-0.1, -0.05) is 17.7 Å². The molecule has 0 spiro atoms. The van der Waals surface area contributed by atoms with E-state index >= 15 is 0 Å². The van der Waals surface area contributed by atoms with Gasteiger partial charge in [-0.15, -0.1) is 0 Å². The molecular formula is C14H12ClN3O2S. The van der Waals surface area contributed by atoms with Crippen LogP contribution in [0.25, 0.3) is 0 Å². The topological polar surface area (TPSA) is 96.0 Å². The number of sulfonamides is 1. The number of halogens is 1. The van der Waals surface area contributed by atoms with Crippen LogP contribution in [0.15, 0.2) is 41.3 Å². The Morgan fingerprint density at radius 2 is 1.95 bits per heavy atom. The predicted molar refractivity (Wildman–Crippen MR) is 82.6 cm³/mol. The van der Waals surface area contributed by atoms with E-state index in [4.69, 9.17) is 22.6 Å². The summed E-state index contributed by atoms with van der Waals surface area (Å²) in [6.07, 6.45) is 0. The molecule has 2 aromatic carbocycles. The lowest BCUT2D eigenvalue weighted by atomic mass is 10.2. The van der Waals surface area contributed by atoms with Crippen LogP contribution < -0.4 is 10.5 Å². The molecule has 0 fully saturated rings. The quantitative estimate of drug-likeness (QED) is 0.849. The Kier molecular flexibility index (Phi) is 4.07. The van der Waals surface area contributed by atoms with Crippen LogP contribution in [0.3, 0.4) is 0 Å². The molecule has 0 bridgehead atoms. The molecule has 21 heavy (non-hydrogen) atoms. The van der Waals surface area contributed by atoms with Gasteiger partial charge in [0.2, 0.25) is 0 Å². The van der Waals surface area contributed by atoms with Crippen molar-refractivity contribution in [1.29, 1.82) is 5.26 Å². The van der Waals surface area contributed by atoms with Crippen molar-refractivity contribution >= 4 is 33.0 Å². The zero-order valence-corrected chi connectivity index (χ0v) is 12.7. The van der Waals surface area contributed by atoms with E-state index in [1.807, 2.05) is 13.0 Å². The number of nitriles is 1. The van der Waals surface area contributed by atoms with Gasteiger partial charge < -0.3 is 5.73 Å². The molecule has 0 saturated carbocycles. The number of rotatable bonds is 3. The molecule has 0 saturated heterocycles. The van der Waals surface area contributed by atoms with Crippen molar-refractivity contribution in [2.45, 2.75) is 11.8 Å². The number of nitrogens with one attached hydrogen (secondary N) is 1. The maximum absolute atomic E-state index is 12.4. The highest BCUT2D eigenvalue weighted by Crippen LogP contribution is 2.27. The summed E-state index contributed by atoms with van der Waals surface area (Å²) in [4.78, 5) is -0.163. The van der Waals surface area contributed by atoms with Crippen LogP contribution in [0.4, 0.5) is 11.4 Å². The molecule has 3 N–H and O–H groups in total. The molecule has 5 nitrogen and oxygen atoms in total. The first-order valence-electron chi connectivity index (χ1n) is 5.92. The van der Waals surface area contributed by atoms with E-state index < -0.39 is 10.0 Å². The largest absolute Gasteiger partial charge is 0.397 e. The highest BCUT2D eigenvalue weighted by Gasteiger charge is 2.19. The van der Waals surface area contributed by atoms with Crippen molar-refractivity contribution < 1.29 is 8.42 Å². The number of nitrogens with two attached hydrogens (primary N) is 1. The first kappa shape index (κ1) is 15.2. The average Bonchev–Trinajstić information content (AvgIpc) is 2.43. The third-order valence-corrected chi connectivity index (χ3v) is 4.65. The minimum absolute atomic E-state index is 0.0349. The van der Waals surface area contributed by atoms with Crippen molar-refractivity contribution in [2.24, 2.45) is 0 Å². The summed E-state index contributed by atoms with van der Waals surface area (Å²) in [5.41, 5.74) is 7.40. The summed E-state index contributed by atoms with van der Waals surface area (Å²) in [6.45, 7) is 1.82. The normalized spacial score (nSPS) is 10.9. The molecule has 0 unspecified atom stereocenters. The first-order chi connectivity index (χ1) is 9.83. The molecule has 0 amide bonds. The van der Waals surface area contributed by atoms with Gasteiger partial charge in [0.25, 0.3) is 10.0 Å². The van der Waals surface area contributed by atoms with Crippen LogP contribution in [0.5, 0.6) is 0 Å². The molecule has 0 atom stereocenters. The zero-order chi connectivity index (χ0) is 15.6. The second-order valence-electron chi connectivity index (χ2n) is 4.45. The number of anilines is 2. The number of hydrogen-bond donors (Lipinski definition) is 2. The molecule has 0 aliphatic heterocycles. The Morgan fingerprint density at radius 1 is 1.24 bits per heavy atom. The van der Waals surface area contributed by atoms with Crippen molar-refractivity contribution in [3.63, 3.8) is 0 Å². The fourth-order valence-corrected chi connectivity index (χ4v) is 3.34. The molecule has 108 valence electrons. The van der Waals surface area contributed by atoms with Gasteiger partial charge in [-0.05, 0) is 42.8 Å². The van der Waals surface area contributed by atoms with E-state index in [-0.39, 0.29) is 21.2 Å². The summed E-state index contributed by atoms with van der Waals surface area (Å²) in [6, 6.07) is 10.9. The van der Waals surface area contributed by atoms with Gasteiger partial charge in [0, 0.05) is 0 Å². The molecule has 0 heterocycles. The van der Waals surface area contributed by atoms with Gasteiger partial charge >= 0.3 is 0 Å². The van der Waals surface area contributed by atoms with Gasteiger partial charge in [-0.2, -0.15) is 5.26 Å². The summed E-state index contributed by atoms with van der Waals surface area (Å²) in [5.74, 6) is 0. The molecular weight excluding hydrogens is 310 g/mol.